The first kappa shape index (κ1) is 18.1. The summed E-state index contributed by atoms with van der Waals surface area (Å²) in [5, 5.41) is 4.45. The molecule has 1 aliphatic rings. The van der Waals surface area contributed by atoms with E-state index in [-0.39, 0.29) is 40.0 Å². The zero-order valence-electron chi connectivity index (χ0n) is 13.9. The maximum absolute atomic E-state index is 12.9. The third kappa shape index (κ3) is 3.22. The number of ether oxygens (including phenoxy) is 1. The molecule has 0 atom stereocenters. The molecule has 2 heterocycles. The lowest BCUT2D eigenvalue weighted by atomic mass is 10.2. The van der Waals surface area contributed by atoms with E-state index in [0.717, 1.165) is 4.68 Å². The molecule has 0 saturated carbocycles. The van der Waals surface area contributed by atoms with Crippen LogP contribution in [-0.2, 0) is 14.8 Å². The number of morpholine rings is 1. The summed E-state index contributed by atoms with van der Waals surface area (Å²) in [4.78, 5) is 12.8. The van der Waals surface area contributed by atoms with Crippen molar-refractivity contribution in [2.24, 2.45) is 0 Å². The van der Waals surface area contributed by atoms with Gasteiger partial charge in [0, 0.05) is 13.1 Å². The molecule has 0 amide bonds. The maximum atomic E-state index is 12.9. The van der Waals surface area contributed by atoms with Crippen molar-refractivity contribution in [2.45, 2.75) is 18.7 Å². The summed E-state index contributed by atoms with van der Waals surface area (Å²) < 4.78 is 33.6. The topological polar surface area (TPSA) is 81.5 Å². The third-order valence-corrected chi connectivity index (χ3v) is 6.57. The zero-order chi connectivity index (χ0) is 18.2. The summed E-state index contributed by atoms with van der Waals surface area (Å²) in [5.41, 5.74) is 0.823. The highest BCUT2D eigenvalue weighted by Crippen LogP contribution is 2.26. The molecule has 3 rings (SSSR count). The number of aromatic nitrogens is 2. The molecule has 0 bridgehead atoms. The molecule has 25 heavy (non-hydrogen) atoms. The van der Waals surface area contributed by atoms with Gasteiger partial charge in [-0.05, 0) is 26.0 Å². The van der Waals surface area contributed by atoms with Crippen LogP contribution in [0.25, 0.3) is 0 Å². The quantitative estimate of drug-likeness (QED) is 0.808. The van der Waals surface area contributed by atoms with Gasteiger partial charge in [-0.2, -0.15) is 14.1 Å². The van der Waals surface area contributed by atoms with Crippen molar-refractivity contribution in [1.82, 2.24) is 14.1 Å². The fourth-order valence-corrected chi connectivity index (χ4v) is 4.84. The van der Waals surface area contributed by atoms with Gasteiger partial charge < -0.3 is 4.74 Å². The second kappa shape index (κ2) is 6.87. The van der Waals surface area contributed by atoms with Gasteiger partial charge in [-0.25, -0.2) is 8.42 Å². The van der Waals surface area contributed by atoms with E-state index in [4.69, 9.17) is 16.3 Å². The fourth-order valence-electron chi connectivity index (χ4n) is 2.86. The SMILES string of the molecule is Cc1nn(C(=O)c2ccccc2Cl)c(C)c1S(=O)(=O)N1CCOCC1. The molecule has 1 aromatic heterocycles. The average Bonchev–Trinajstić information content (AvgIpc) is 2.90. The van der Waals surface area contributed by atoms with Crippen molar-refractivity contribution >= 4 is 27.5 Å². The molecule has 1 saturated heterocycles. The Bertz CT molecular complexity index is 917. The lowest BCUT2D eigenvalue weighted by molar-refractivity contribution is 0.0730. The number of hydrogen-bond acceptors (Lipinski definition) is 5. The van der Waals surface area contributed by atoms with Crippen molar-refractivity contribution < 1.29 is 17.9 Å². The van der Waals surface area contributed by atoms with Crippen LogP contribution >= 0.6 is 11.6 Å². The molecule has 0 radical (unpaired) electrons. The van der Waals surface area contributed by atoms with Crippen LogP contribution in [0.1, 0.15) is 21.7 Å². The Morgan fingerprint density at radius 1 is 1.20 bits per heavy atom. The smallest absolute Gasteiger partial charge is 0.279 e. The fraction of sp³-hybridized carbons (Fsp3) is 0.375. The standard InChI is InChI=1S/C16H18ClN3O4S/c1-11-15(25(22,23)19-7-9-24-10-8-19)12(2)20(18-11)16(21)13-5-3-4-6-14(13)17/h3-6H,7-10H2,1-2H3. The number of carbonyl (C=O) groups is 1. The normalized spacial score (nSPS) is 16.1. The third-order valence-electron chi connectivity index (χ3n) is 4.09. The van der Waals surface area contributed by atoms with Gasteiger partial charge >= 0.3 is 0 Å². The second-order valence-electron chi connectivity index (χ2n) is 5.71. The van der Waals surface area contributed by atoms with Crippen molar-refractivity contribution in [3.05, 3.63) is 46.2 Å². The summed E-state index contributed by atoms with van der Waals surface area (Å²) >= 11 is 6.08. The van der Waals surface area contributed by atoms with Gasteiger partial charge in [-0.3, -0.25) is 4.79 Å². The van der Waals surface area contributed by atoms with Crippen LogP contribution in [0, 0.1) is 13.8 Å². The van der Waals surface area contributed by atoms with E-state index in [1.165, 1.54) is 4.31 Å². The molecule has 1 fully saturated rings. The molecule has 1 aliphatic heterocycles. The molecule has 1 aromatic carbocycles. The summed E-state index contributed by atoms with van der Waals surface area (Å²) in [7, 11) is -3.74. The van der Waals surface area contributed by atoms with Crippen LogP contribution in [0.2, 0.25) is 5.02 Å². The lowest BCUT2D eigenvalue weighted by Crippen LogP contribution is -2.41. The van der Waals surface area contributed by atoms with Crippen LogP contribution in [0.3, 0.4) is 0 Å². The van der Waals surface area contributed by atoms with Crippen molar-refractivity contribution in [1.29, 1.82) is 0 Å². The highest BCUT2D eigenvalue weighted by Gasteiger charge is 2.33. The molecule has 134 valence electrons. The molecule has 0 N–H and O–H groups in total. The molecular weight excluding hydrogens is 366 g/mol. The molecule has 0 spiro atoms. The molecule has 9 heteroatoms. The zero-order valence-corrected chi connectivity index (χ0v) is 15.5. The monoisotopic (exact) mass is 383 g/mol. The van der Waals surface area contributed by atoms with Gasteiger partial charge in [0.2, 0.25) is 10.0 Å². The number of aryl methyl sites for hydroxylation is 1. The Balaban J connectivity index is 2.04. The average molecular weight is 384 g/mol. The van der Waals surface area contributed by atoms with Crippen LogP contribution in [0.4, 0.5) is 0 Å². The minimum atomic E-state index is -3.74. The van der Waals surface area contributed by atoms with Crippen molar-refractivity contribution in [3.8, 4) is 0 Å². The molecule has 7 nitrogen and oxygen atoms in total. The summed E-state index contributed by atoms with van der Waals surface area (Å²) in [6.45, 7) is 4.42. The summed E-state index contributed by atoms with van der Waals surface area (Å²) in [6, 6.07) is 6.59. The maximum Gasteiger partial charge on any atom is 0.279 e. The van der Waals surface area contributed by atoms with Crippen LogP contribution in [0.5, 0.6) is 0 Å². The molecule has 2 aromatic rings. The van der Waals surface area contributed by atoms with E-state index in [2.05, 4.69) is 5.10 Å². The number of rotatable bonds is 3. The Hall–Kier alpha value is -1.74. The van der Waals surface area contributed by atoms with Gasteiger partial charge in [0.05, 0.1) is 35.2 Å². The lowest BCUT2D eigenvalue weighted by Gasteiger charge is -2.26. The van der Waals surface area contributed by atoms with Crippen molar-refractivity contribution in [2.75, 3.05) is 26.3 Å². The number of nitrogens with zero attached hydrogens (tertiary/aromatic N) is 3. The van der Waals surface area contributed by atoms with E-state index in [9.17, 15) is 13.2 Å². The van der Waals surface area contributed by atoms with Gasteiger partial charge in [-0.1, -0.05) is 23.7 Å². The van der Waals surface area contributed by atoms with E-state index in [1.807, 2.05) is 0 Å². The predicted octanol–water partition coefficient (Wildman–Crippen LogP) is 1.86. The Morgan fingerprint density at radius 3 is 2.48 bits per heavy atom. The van der Waals surface area contributed by atoms with Gasteiger partial charge in [0.1, 0.15) is 4.90 Å². The number of hydrogen-bond donors (Lipinski definition) is 0. The van der Waals surface area contributed by atoms with Gasteiger partial charge in [-0.15, -0.1) is 0 Å². The molecule has 0 aliphatic carbocycles. The van der Waals surface area contributed by atoms with E-state index < -0.39 is 15.9 Å². The number of sulfonamides is 1. The van der Waals surface area contributed by atoms with E-state index in [0.29, 0.717) is 13.2 Å². The first-order chi connectivity index (χ1) is 11.8. The number of benzene rings is 1. The summed E-state index contributed by atoms with van der Waals surface area (Å²) in [6.07, 6.45) is 0. The Morgan fingerprint density at radius 2 is 1.84 bits per heavy atom. The van der Waals surface area contributed by atoms with Gasteiger partial charge in [0.15, 0.2) is 0 Å². The van der Waals surface area contributed by atoms with Gasteiger partial charge in [0.25, 0.3) is 5.91 Å². The first-order valence-corrected chi connectivity index (χ1v) is 9.59. The largest absolute Gasteiger partial charge is 0.379 e. The minimum Gasteiger partial charge on any atom is -0.379 e. The minimum absolute atomic E-state index is 0.0646. The highest BCUT2D eigenvalue weighted by atomic mass is 35.5. The first-order valence-electron chi connectivity index (χ1n) is 7.77. The van der Waals surface area contributed by atoms with Crippen LogP contribution in [-0.4, -0.2) is 54.7 Å². The van der Waals surface area contributed by atoms with Crippen LogP contribution in [0.15, 0.2) is 29.2 Å². The number of carbonyl (C=O) groups excluding carboxylic acids is 1. The number of halogens is 1. The van der Waals surface area contributed by atoms with E-state index >= 15 is 0 Å². The Labute approximate surface area is 151 Å². The second-order valence-corrected chi connectivity index (χ2v) is 8.00. The molecular formula is C16H18ClN3O4S. The predicted molar refractivity (Wildman–Crippen MR) is 92.5 cm³/mol. The highest BCUT2D eigenvalue weighted by molar-refractivity contribution is 7.89. The summed E-state index contributed by atoms with van der Waals surface area (Å²) in [5.74, 6) is -0.463. The van der Waals surface area contributed by atoms with Crippen LogP contribution < -0.4 is 0 Å². The van der Waals surface area contributed by atoms with E-state index in [1.54, 1.807) is 38.1 Å². The Kier molecular flexibility index (Phi) is 4.97. The molecule has 0 unspecified atom stereocenters. The van der Waals surface area contributed by atoms with Crippen molar-refractivity contribution in [3.63, 3.8) is 0 Å².